The molecule has 36 heavy (non-hydrogen) atoms. The number of nitro benzene ring substituents is 1. The van der Waals surface area contributed by atoms with Gasteiger partial charge in [-0.3, -0.25) is 14.9 Å². The van der Waals surface area contributed by atoms with Crippen molar-refractivity contribution in [1.82, 2.24) is 4.90 Å². The number of non-ortho nitro benzene ring substituents is 1. The van der Waals surface area contributed by atoms with Gasteiger partial charge in [0.1, 0.15) is 6.17 Å². The zero-order valence-corrected chi connectivity index (χ0v) is 20.6. The van der Waals surface area contributed by atoms with E-state index in [2.05, 4.69) is 4.90 Å². The molecule has 0 aliphatic carbocycles. The number of anilines is 1. The van der Waals surface area contributed by atoms with E-state index < -0.39 is 11.1 Å². The van der Waals surface area contributed by atoms with E-state index in [4.69, 9.17) is 23.2 Å². The van der Waals surface area contributed by atoms with E-state index in [1.807, 2.05) is 66.7 Å². The lowest BCUT2D eigenvalue weighted by Gasteiger charge is -2.46. The molecule has 1 aliphatic rings. The highest BCUT2D eigenvalue weighted by Crippen LogP contribution is 2.43. The highest BCUT2D eigenvalue weighted by molar-refractivity contribution is 6.42. The van der Waals surface area contributed by atoms with Crippen LogP contribution in [0.2, 0.25) is 10.0 Å². The summed E-state index contributed by atoms with van der Waals surface area (Å²) in [5.74, 6) is -0.294. The molecule has 1 aliphatic heterocycles. The van der Waals surface area contributed by atoms with E-state index in [1.165, 1.54) is 12.1 Å². The van der Waals surface area contributed by atoms with Gasteiger partial charge in [-0.2, -0.15) is 0 Å². The van der Waals surface area contributed by atoms with E-state index >= 15 is 0 Å². The van der Waals surface area contributed by atoms with Crippen molar-refractivity contribution in [2.24, 2.45) is 0 Å². The number of hydrogen-bond donors (Lipinski definition) is 0. The van der Waals surface area contributed by atoms with Crippen LogP contribution in [0.3, 0.4) is 0 Å². The monoisotopic (exact) mass is 517 g/mol. The minimum Gasteiger partial charge on any atom is -0.342 e. The van der Waals surface area contributed by atoms with E-state index in [0.29, 0.717) is 28.8 Å². The van der Waals surface area contributed by atoms with Crippen LogP contribution in [-0.4, -0.2) is 15.7 Å². The number of hydrogen-bond acceptors (Lipinski definition) is 4. The zero-order chi connectivity index (χ0) is 25.2. The quantitative estimate of drug-likeness (QED) is 0.199. The fraction of sp³-hybridized carbons (Fsp3) is 0.107. The highest BCUT2D eigenvalue weighted by Gasteiger charge is 2.39. The molecule has 0 radical (unpaired) electrons. The van der Waals surface area contributed by atoms with Crippen LogP contribution in [0.15, 0.2) is 97.1 Å². The number of carbonyl (C=O) groups excluding carboxylic acids is 1. The summed E-state index contributed by atoms with van der Waals surface area (Å²) in [6.07, 6.45) is -0.526. The van der Waals surface area contributed by atoms with E-state index in [1.54, 1.807) is 23.1 Å². The normalized spacial score (nSPS) is 15.1. The molecule has 0 bridgehead atoms. The minimum absolute atomic E-state index is 0.130. The number of amides is 1. The Hall–Kier alpha value is -3.87. The van der Waals surface area contributed by atoms with Gasteiger partial charge in [-0.05, 0) is 34.9 Å². The summed E-state index contributed by atoms with van der Waals surface area (Å²) in [6, 6.07) is 29.3. The first-order chi connectivity index (χ1) is 17.4. The van der Waals surface area contributed by atoms with Crippen molar-refractivity contribution in [2.45, 2.75) is 19.3 Å². The molecule has 8 heteroatoms. The summed E-state index contributed by atoms with van der Waals surface area (Å²) in [5, 5.41) is 12.3. The van der Waals surface area contributed by atoms with Crippen LogP contribution in [0.4, 0.5) is 11.4 Å². The molecule has 4 aromatic carbocycles. The van der Waals surface area contributed by atoms with Crippen LogP contribution in [0, 0.1) is 10.1 Å². The van der Waals surface area contributed by atoms with Crippen molar-refractivity contribution in [2.75, 3.05) is 4.90 Å². The van der Waals surface area contributed by atoms with E-state index in [-0.39, 0.29) is 17.2 Å². The molecular weight excluding hydrogens is 497 g/mol. The fourth-order valence-corrected chi connectivity index (χ4v) is 4.85. The maximum Gasteiger partial charge on any atom is 0.270 e. The Kier molecular flexibility index (Phi) is 6.63. The summed E-state index contributed by atoms with van der Waals surface area (Å²) in [5.41, 5.74) is 3.52. The summed E-state index contributed by atoms with van der Waals surface area (Å²) in [6.45, 7) is 0.771. The average Bonchev–Trinajstić information content (AvgIpc) is 2.89. The van der Waals surface area contributed by atoms with Crippen LogP contribution in [0.1, 0.15) is 33.2 Å². The van der Waals surface area contributed by atoms with Crippen molar-refractivity contribution >= 4 is 40.5 Å². The number of nitrogens with zero attached hydrogens (tertiary/aromatic N) is 3. The maximum absolute atomic E-state index is 13.9. The van der Waals surface area contributed by atoms with E-state index in [9.17, 15) is 14.9 Å². The molecular formula is C28H21Cl2N3O3. The van der Waals surface area contributed by atoms with E-state index in [0.717, 1.165) is 16.7 Å². The van der Waals surface area contributed by atoms with Gasteiger partial charge in [0.15, 0.2) is 0 Å². The van der Waals surface area contributed by atoms with Gasteiger partial charge < -0.3 is 9.80 Å². The van der Waals surface area contributed by atoms with Crippen molar-refractivity contribution in [3.05, 3.63) is 139 Å². The van der Waals surface area contributed by atoms with Crippen LogP contribution < -0.4 is 4.90 Å². The lowest BCUT2D eigenvalue weighted by Crippen LogP contribution is -2.48. The third kappa shape index (κ3) is 4.65. The summed E-state index contributed by atoms with van der Waals surface area (Å²) < 4.78 is 0. The lowest BCUT2D eigenvalue weighted by molar-refractivity contribution is -0.384. The standard InChI is InChI=1S/C28H21Cl2N3O3/c29-24-13-11-21(15-25(24)30)27-31(17-19-7-3-1-4-8-19)26-14-12-22(33(35)36)16-23(26)28(34)32(27)18-20-9-5-2-6-10-20/h1-16,27H,17-18H2/t27-/m0/s1. The van der Waals surface area contributed by atoms with Gasteiger partial charge in [0.05, 0.1) is 26.2 Å². The molecule has 0 spiro atoms. The second-order valence-corrected chi connectivity index (χ2v) is 9.35. The number of fused-ring (bicyclic) bond motifs is 1. The van der Waals surface area contributed by atoms with Crippen molar-refractivity contribution < 1.29 is 9.72 Å². The largest absolute Gasteiger partial charge is 0.342 e. The minimum atomic E-state index is -0.526. The Morgan fingerprint density at radius 1 is 0.750 bits per heavy atom. The third-order valence-corrected chi connectivity index (χ3v) is 6.95. The number of carbonyl (C=O) groups is 1. The summed E-state index contributed by atoms with van der Waals surface area (Å²) >= 11 is 12.6. The number of rotatable bonds is 6. The Bertz CT molecular complexity index is 1430. The SMILES string of the molecule is O=C1c2cc([N+](=O)[O-])ccc2N(Cc2ccccc2)[C@H](c2ccc(Cl)c(Cl)c2)N1Cc1ccccc1. The number of nitro groups is 1. The lowest BCUT2D eigenvalue weighted by atomic mass is 9.98. The van der Waals surface area contributed by atoms with Crippen LogP contribution >= 0.6 is 23.2 Å². The van der Waals surface area contributed by atoms with Crippen LogP contribution in [-0.2, 0) is 13.1 Å². The Labute approximate surface area is 218 Å². The molecule has 0 saturated heterocycles. The maximum atomic E-state index is 13.9. The summed E-state index contributed by atoms with van der Waals surface area (Å²) in [4.78, 5) is 28.8. The van der Waals surface area contributed by atoms with Gasteiger partial charge in [-0.15, -0.1) is 0 Å². The van der Waals surface area contributed by atoms with Crippen molar-refractivity contribution in [3.63, 3.8) is 0 Å². The third-order valence-electron chi connectivity index (χ3n) is 6.22. The summed E-state index contributed by atoms with van der Waals surface area (Å²) in [7, 11) is 0. The van der Waals surface area contributed by atoms with Gasteiger partial charge in [0, 0.05) is 25.2 Å². The molecule has 1 heterocycles. The molecule has 0 aromatic heterocycles. The predicted molar refractivity (Wildman–Crippen MR) is 141 cm³/mol. The first-order valence-electron chi connectivity index (χ1n) is 11.3. The molecule has 180 valence electrons. The molecule has 0 N–H and O–H groups in total. The van der Waals surface area contributed by atoms with Gasteiger partial charge in [-0.25, -0.2) is 0 Å². The molecule has 6 nitrogen and oxygen atoms in total. The average molecular weight is 518 g/mol. The van der Waals surface area contributed by atoms with Crippen molar-refractivity contribution in [1.29, 1.82) is 0 Å². The first kappa shape index (κ1) is 23.9. The van der Waals surface area contributed by atoms with Crippen molar-refractivity contribution in [3.8, 4) is 0 Å². The Morgan fingerprint density at radius 3 is 1.94 bits per heavy atom. The molecule has 0 fully saturated rings. The molecule has 0 unspecified atom stereocenters. The topological polar surface area (TPSA) is 66.7 Å². The Morgan fingerprint density at radius 2 is 1.36 bits per heavy atom. The first-order valence-corrected chi connectivity index (χ1v) is 12.1. The Balaban J connectivity index is 1.71. The number of benzene rings is 4. The molecule has 4 aromatic rings. The second-order valence-electron chi connectivity index (χ2n) is 8.54. The van der Waals surface area contributed by atoms with Gasteiger partial charge in [0.25, 0.3) is 11.6 Å². The molecule has 1 amide bonds. The zero-order valence-electron chi connectivity index (χ0n) is 19.1. The van der Waals surface area contributed by atoms with Gasteiger partial charge in [0.2, 0.25) is 0 Å². The van der Waals surface area contributed by atoms with Gasteiger partial charge >= 0.3 is 0 Å². The smallest absolute Gasteiger partial charge is 0.270 e. The molecule has 1 atom stereocenters. The van der Waals surface area contributed by atoms with Gasteiger partial charge in [-0.1, -0.05) is 89.9 Å². The van der Waals surface area contributed by atoms with Crippen LogP contribution in [0.25, 0.3) is 0 Å². The fourth-order valence-electron chi connectivity index (χ4n) is 4.55. The highest BCUT2D eigenvalue weighted by atomic mass is 35.5. The predicted octanol–water partition coefficient (Wildman–Crippen LogP) is 7.26. The molecule has 5 rings (SSSR count). The van der Waals surface area contributed by atoms with Crippen LogP contribution in [0.5, 0.6) is 0 Å². The second kappa shape index (κ2) is 10.0. The number of halogens is 2. The molecule has 0 saturated carbocycles.